The minimum Gasteiger partial charge on any atom is -0.387 e. The molecule has 2 aliphatic heterocycles. The van der Waals surface area contributed by atoms with Crippen LogP contribution in [0.3, 0.4) is 0 Å². The second kappa shape index (κ2) is 14.2. The molecular weight excluding hydrogens is 761 g/mol. The van der Waals surface area contributed by atoms with E-state index in [0.29, 0.717) is 0 Å². The first-order valence-corrected chi connectivity index (χ1v) is 16.1. The fourth-order valence-electron chi connectivity index (χ4n) is 3.96. The van der Waals surface area contributed by atoms with Crippen molar-refractivity contribution in [1.29, 1.82) is 0 Å². The number of phosphoric acid groups is 2. The molecule has 248 valence electrons. The van der Waals surface area contributed by atoms with Crippen LogP contribution in [0.2, 0.25) is 0 Å². The van der Waals surface area contributed by atoms with Crippen LogP contribution in [-0.4, -0.2) is 109 Å². The van der Waals surface area contributed by atoms with Gasteiger partial charge in [-0.3, -0.25) is 37.7 Å². The van der Waals surface area contributed by atoms with Crippen LogP contribution >= 0.6 is 38.2 Å². The minimum absolute atomic E-state index is 0.150. The quantitative estimate of drug-likeness (QED) is 0.0889. The summed E-state index contributed by atoms with van der Waals surface area (Å²) in [6, 6.07) is 0. The SMILES string of the molecule is Cc1cn([C@@H]2O[C@H](COP(=O)(O)O)[C@@H](O)[C@H]2O)c(=O)[nH]c1=O.O=c1[nH]c(=O)n([C@@H]2O[C@H](COP(=O)(O)O)[C@@H](O)[C@H]2O)cc1I. The van der Waals surface area contributed by atoms with Crippen molar-refractivity contribution in [3.8, 4) is 0 Å². The molecule has 8 atom stereocenters. The molecular formula is C19H27IN4O18P2. The Balaban J connectivity index is 0.000000240. The van der Waals surface area contributed by atoms with E-state index in [0.717, 1.165) is 21.5 Å². The van der Waals surface area contributed by atoms with Gasteiger partial charge in [0.1, 0.15) is 36.6 Å². The Labute approximate surface area is 257 Å². The highest BCUT2D eigenvalue weighted by atomic mass is 127. The summed E-state index contributed by atoms with van der Waals surface area (Å²) in [5, 5.41) is 39.4. The van der Waals surface area contributed by atoms with Crippen LogP contribution in [0.1, 0.15) is 18.0 Å². The van der Waals surface area contributed by atoms with E-state index < -0.39 is 100 Å². The second-order valence-electron chi connectivity index (χ2n) is 9.29. The van der Waals surface area contributed by atoms with E-state index >= 15 is 0 Å². The van der Waals surface area contributed by atoms with Crippen molar-refractivity contribution in [3.63, 3.8) is 0 Å². The highest BCUT2D eigenvalue weighted by Gasteiger charge is 2.46. The standard InChI is InChI=1S/C10H15N2O9P.C9H12IN2O9P/c1-4-2-12(10(16)11-8(4)15)9-7(14)6(13)5(21-9)3-20-22(17,18)19;10-3-1-12(9(16)11-7(3)15)8-6(14)5(13)4(21-8)2-20-22(17,18)19/h2,5-7,9,13-14H,3H2,1H3,(H,11,15,16)(H2,17,18,19);1,4-6,8,13-14H,2H2,(H,11,15,16)(H2,17,18,19)/t5-,6-,7-,9-;4-,5-,6-,8-/m11/s1. The van der Waals surface area contributed by atoms with Crippen molar-refractivity contribution in [2.24, 2.45) is 0 Å². The second-order valence-corrected chi connectivity index (χ2v) is 12.9. The van der Waals surface area contributed by atoms with Crippen LogP contribution in [0.5, 0.6) is 0 Å². The normalized spacial score (nSPS) is 29.0. The maximum Gasteiger partial charge on any atom is 0.469 e. The molecule has 44 heavy (non-hydrogen) atoms. The van der Waals surface area contributed by atoms with E-state index in [9.17, 15) is 48.7 Å². The fourth-order valence-corrected chi connectivity index (χ4v) is 5.08. The van der Waals surface area contributed by atoms with E-state index in [1.165, 1.54) is 6.92 Å². The van der Waals surface area contributed by atoms with Crippen molar-refractivity contribution in [1.82, 2.24) is 19.1 Å². The molecule has 0 bridgehead atoms. The first-order valence-electron chi connectivity index (χ1n) is 12.0. The molecule has 2 aromatic heterocycles. The Bertz CT molecular complexity index is 1540. The Kier molecular flexibility index (Phi) is 11.8. The van der Waals surface area contributed by atoms with Gasteiger partial charge in [-0.05, 0) is 29.5 Å². The molecule has 0 unspecified atom stereocenters. The smallest absolute Gasteiger partial charge is 0.387 e. The van der Waals surface area contributed by atoms with Gasteiger partial charge in [-0.25, -0.2) is 18.7 Å². The number of phosphoric ester groups is 2. The average molecular weight is 788 g/mol. The molecule has 2 aromatic rings. The van der Waals surface area contributed by atoms with Crippen LogP contribution < -0.4 is 22.5 Å². The number of aromatic nitrogens is 4. The Morgan fingerprint density at radius 1 is 0.750 bits per heavy atom. The summed E-state index contributed by atoms with van der Waals surface area (Å²) in [6.07, 6.45) is -9.07. The van der Waals surface area contributed by atoms with Crippen molar-refractivity contribution >= 4 is 38.2 Å². The largest absolute Gasteiger partial charge is 0.469 e. The molecule has 10 N–H and O–H groups in total. The lowest BCUT2D eigenvalue weighted by atomic mass is 10.1. The Morgan fingerprint density at radius 2 is 1.14 bits per heavy atom. The number of aliphatic hydroxyl groups is 4. The van der Waals surface area contributed by atoms with Crippen LogP contribution in [-0.2, 0) is 27.7 Å². The molecule has 0 aliphatic carbocycles. The molecule has 0 aromatic carbocycles. The topological polar surface area (TPSA) is 343 Å². The number of H-pyrrole nitrogens is 2. The predicted octanol–water partition coefficient (Wildman–Crippen LogP) is -4.56. The molecule has 2 fully saturated rings. The van der Waals surface area contributed by atoms with E-state index in [4.69, 9.17) is 29.0 Å². The van der Waals surface area contributed by atoms with Crippen LogP contribution in [0.4, 0.5) is 0 Å². The number of aliphatic hydroxyl groups excluding tert-OH is 4. The van der Waals surface area contributed by atoms with E-state index in [1.54, 1.807) is 22.6 Å². The predicted molar refractivity (Wildman–Crippen MR) is 148 cm³/mol. The highest BCUT2D eigenvalue weighted by molar-refractivity contribution is 14.1. The van der Waals surface area contributed by atoms with Crippen LogP contribution in [0.25, 0.3) is 0 Å². The maximum atomic E-state index is 11.7. The minimum atomic E-state index is -4.77. The number of aromatic amines is 2. The summed E-state index contributed by atoms with van der Waals surface area (Å²) in [4.78, 5) is 84.6. The molecule has 2 saturated heterocycles. The number of ether oxygens (including phenoxy) is 2. The van der Waals surface area contributed by atoms with Gasteiger partial charge in [-0.1, -0.05) is 0 Å². The van der Waals surface area contributed by atoms with Gasteiger partial charge in [-0.2, -0.15) is 0 Å². The van der Waals surface area contributed by atoms with E-state index in [-0.39, 0.29) is 9.13 Å². The van der Waals surface area contributed by atoms with Crippen LogP contribution in [0.15, 0.2) is 31.6 Å². The number of nitrogens with zero attached hydrogens (tertiary/aromatic N) is 2. The van der Waals surface area contributed by atoms with Gasteiger partial charge < -0.3 is 49.5 Å². The lowest BCUT2D eigenvalue weighted by Gasteiger charge is -2.17. The fraction of sp³-hybridized carbons (Fsp3) is 0.579. The molecule has 4 heterocycles. The molecule has 0 amide bonds. The third-order valence-electron chi connectivity index (χ3n) is 6.11. The Morgan fingerprint density at radius 3 is 1.55 bits per heavy atom. The monoisotopic (exact) mass is 788 g/mol. The number of aryl methyl sites for hydroxylation is 1. The number of hydrogen-bond donors (Lipinski definition) is 10. The zero-order valence-electron chi connectivity index (χ0n) is 22.0. The highest BCUT2D eigenvalue weighted by Crippen LogP contribution is 2.39. The van der Waals surface area contributed by atoms with Crippen LogP contribution in [0, 0.1) is 10.5 Å². The number of hydrogen-bond acceptors (Lipinski definition) is 14. The first-order chi connectivity index (χ1) is 20.2. The number of halogens is 1. The van der Waals surface area contributed by atoms with Gasteiger partial charge in [0.15, 0.2) is 12.5 Å². The lowest BCUT2D eigenvalue weighted by molar-refractivity contribution is -0.0544. The van der Waals surface area contributed by atoms with Gasteiger partial charge in [0.05, 0.1) is 16.8 Å². The van der Waals surface area contributed by atoms with E-state index in [1.807, 2.05) is 9.97 Å². The molecule has 25 heteroatoms. The van der Waals surface area contributed by atoms with Crippen molar-refractivity contribution in [3.05, 3.63) is 63.2 Å². The van der Waals surface area contributed by atoms with Crippen molar-refractivity contribution in [2.45, 2.75) is 56.0 Å². The molecule has 22 nitrogen and oxygen atoms in total. The van der Waals surface area contributed by atoms with Crippen molar-refractivity contribution < 1.29 is 67.7 Å². The zero-order valence-corrected chi connectivity index (χ0v) is 26.0. The Hall–Kier alpha value is -1.93. The summed E-state index contributed by atoms with van der Waals surface area (Å²) in [5.41, 5.74) is -2.76. The zero-order chi connectivity index (χ0) is 33.3. The molecule has 0 spiro atoms. The summed E-state index contributed by atoms with van der Waals surface area (Å²) in [5.74, 6) is 0. The third kappa shape index (κ3) is 9.08. The third-order valence-corrected chi connectivity index (χ3v) is 7.85. The summed E-state index contributed by atoms with van der Waals surface area (Å²) in [6.45, 7) is 0.0607. The molecule has 2 aliphatic rings. The summed E-state index contributed by atoms with van der Waals surface area (Å²) >= 11 is 1.67. The van der Waals surface area contributed by atoms with Gasteiger partial charge in [0, 0.05) is 18.0 Å². The van der Waals surface area contributed by atoms with Gasteiger partial charge in [0.2, 0.25) is 0 Å². The van der Waals surface area contributed by atoms with Gasteiger partial charge >= 0.3 is 27.0 Å². The molecule has 4 rings (SSSR count). The summed E-state index contributed by atoms with van der Waals surface area (Å²) < 4.78 is 42.0. The van der Waals surface area contributed by atoms with Gasteiger partial charge in [-0.15, -0.1) is 0 Å². The lowest BCUT2D eigenvalue weighted by Crippen LogP contribution is -2.38. The van der Waals surface area contributed by atoms with Crippen molar-refractivity contribution in [2.75, 3.05) is 13.2 Å². The molecule has 0 radical (unpaired) electrons. The van der Waals surface area contributed by atoms with E-state index in [2.05, 4.69) is 9.05 Å². The summed E-state index contributed by atoms with van der Waals surface area (Å²) in [7, 11) is -9.54. The van der Waals surface area contributed by atoms with Gasteiger partial charge in [0.25, 0.3) is 11.1 Å². The maximum absolute atomic E-state index is 11.7. The average Bonchev–Trinajstić information content (AvgIpc) is 3.35. The molecule has 0 saturated carbocycles. The number of nitrogens with one attached hydrogen (secondary N) is 2. The first kappa shape index (κ1) is 36.5. The number of rotatable bonds is 8.